The van der Waals surface area contributed by atoms with Gasteiger partial charge in [0.25, 0.3) is 0 Å². The fourth-order valence-corrected chi connectivity index (χ4v) is 3.73. The number of fused-ring (bicyclic) bond motifs is 1. The zero-order valence-electron chi connectivity index (χ0n) is 17.8. The van der Waals surface area contributed by atoms with Gasteiger partial charge in [0.15, 0.2) is 5.65 Å². The first-order valence-corrected chi connectivity index (χ1v) is 10.1. The van der Waals surface area contributed by atoms with Crippen LogP contribution in [-0.2, 0) is 7.05 Å². The Bertz CT molecular complexity index is 1450. The maximum absolute atomic E-state index is 14.8. The Labute approximate surface area is 183 Å². The van der Waals surface area contributed by atoms with Crippen LogP contribution in [0.15, 0.2) is 61.1 Å². The van der Waals surface area contributed by atoms with Gasteiger partial charge in [0.05, 0.1) is 23.4 Å². The normalized spacial score (nSPS) is 11.3. The van der Waals surface area contributed by atoms with Crippen LogP contribution in [0, 0.1) is 25.5 Å². The summed E-state index contributed by atoms with van der Waals surface area (Å²) in [6, 6.07) is 13.0. The zero-order chi connectivity index (χ0) is 22.4. The van der Waals surface area contributed by atoms with Gasteiger partial charge in [-0.05, 0) is 62.4 Å². The van der Waals surface area contributed by atoms with E-state index in [0.717, 1.165) is 17.0 Å². The summed E-state index contributed by atoms with van der Waals surface area (Å²) >= 11 is 0. The second-order valence-corrected chi connectivity index (χ2v) is 7.70. The minimum absolute atomic E-state index is 0.305. The number of aryl methyl sites for hydroxylation is 3. The van der Waals surface area contributed by atoms with E-state index < -0.39 is 0 Å². The minimum Gasteiger partial charge on any atom is -0.354 e. The molecule has 6 nitrogen and oxygen atoms in total. The van der Waals surface area contributed by atoms with Crippen LogP contribution in [0.5, 0.6) is 0 Å². The molecule has 0 aliphatic rings. The molecule has 0 saturated carbocycles. The van der Waals surface area contributed by atoms with E-state index in [9.17, 15) is 8.78 Å². The van der Waals surface area contributed by atoms with Crippen LogP contribution in [0.1, 0.15) is 11.4 Å². The molecule has 160 valence electrons. The molecule has 3 heterocycles. The van der Waals surface area contributed by atoms with Crippen molar-refractivity contribution in [1.29, 1.82) is 0 Å². The Hall–Kier alpha value is -4.07. The molecule has 0 aliphatic heterocycles. The Kier molecular flexibility index (Phi) is 4.70. The summed E-state index contributed by atoms with van der Waals surface area (Å²) in [5.74, 6) is -0.0132. The van der Waals surface area contributed by atoms with Crippen molar-refractivity contribution in [1.82, 2.24) is 24.1 Å². The number of rotatable bonds is 4. The van der Waals surface area contributed by atoms with Crippen molar-refractivity contribution in [3.63, 3.8) is 0 Å². The van der Waals surface area contributed by atoms with Crippen molar-refractivity contribution >= 4 is 22.5 Å². The standard InChI is InChI=1S/C24H20F2N6/c1-14-10-20(29-18-8-9-21(19(26)11-18)32-12-15(2)27-13-32)22-24(28-14)31(3)23(30-22)16-4-6-17(25)7-5-16/h4-13H,1-3H3,(H,28,29). The highest BCUT2D eigenvalue weighted by Gasteiger charge is 2.16. The number of hydrogen-bond acceptors (Lipinski definition) is 4. The maximum Gasteiger partial charge on any atom is 0.162 e. The number of imidazole rings is 2. The minimum atomic E-state index is -0.373. The summed E-state index contributed by atoms with van der Waals surface area (Å²) in [4.78, 5) is 13.5. The lowest BCUT2D eigenvalue weighted by atomic mass is 10.2. The third-order valence-corrected chi connectivity index (χ3v) is 5.27. The van der Waals surface area contributed by atoms with Crippen LogP contribution in [0.2, 0.25) is 0 Å². The van der Waals surface area contributed by atoms with E-state index >= 15 is 0 Å². The zero-order valence-corrected chi connectivity index (χ0v) is 17.8. The first kappa shape index (κ1) is 19.9. The van der Waals surface area contributed by atoms with E-state index in [-0.39, 0.29) is 11.6 Å². The first-order valence-electron chi connectivity index (χ1n) is 10.1. The number of pyridine rings is 1. The van der Waals surface area contributed by atoms with E-state index in [4.69, 9.17) is 4.98 Å². The average molecular weight is 430 g/mol. The molecule has 5 rings (SSSR count). The summed E-state index contributed by atoms with van der Waals surface area (Å²) in [7, 11) is 1.87. The molecule has 0 unspecified atom stereocenters. The third kappa shape index (κ3) is 3.49. The van der Waals surface area contributed by atoms with Crippen LogP contribution in [-0.4, -0.2) is 24.1 Å². The van der Waals surface area contributed by atoms with Crippen LogP contribution in [0.25, 0.3) is 28.2 Å². The molecule has 32 heavy (non-hydrogen) atoms. The number of nitrogens with one attached hydrogen (secondary N) is 1. The van der Waals surface area contributed by atoms with Crippen molar-refractivity contribution in [2.45, 2.75) is 13.8 Å². The van der Waals surface area contributed by atoms with Gasteiger partial charge in [0.2, 0.25) is 0 Å². The van der Waals surface area contributed by atoms with Crippen LogP contribution < -0.4 is 5.32 Å². The van der Waals surface area contributed by atoms with Gasteiger partial charge in [-0.2, -0.15) is 0 Å². The van der Waals surface area contributed by atoms with Crippen LogP contribution in [0.4, 0.5) is 20.2 Å². The number of benzene rings is 2. The smallest absolute Gasteiger partial charge is 0.162 e. The predicted octanol–water partition coefficient (Wildman–Crippen LogP) is 5.46. The largest absolute Gasteiger partial charge is 0.354 e. The molecule has 8 heteroatoms. The second-order valence-electron chi connectivity index (χ2n) is 7.70. The molecule has 0 amide bonds. The lowest BCUT2D eigenvalue weighted by Gasteiger charge is -2.10. The Morgan fingerprint density at radius 2 is 1.69 bits per heavy atom. The molecule has 2 aromatic carbocycles. The van der Waals surface area contributed by atoms with Gasteiger partial charge >= 0.3 is 0 Å². The average Bonchev–Trinajstić information content (AvgIpc) is 3.33. The molecule has 0 radical (unpaired) electrons. The summed E-state index contributed by atoms with van der Waals surface area (Å²) in [6.07, 6.45) is 3.35. The predicted molar refractivity (Wildman–Crippen MR) is 120 cm³/mol. The second kappa shape index (κ2) is 7.56. The van der Waals surface area contributed by atoms with Gasteiger partial charge in [-0.1, -0.05) is 0 Å². The van der Waals surface area contributed by atoms with Gasteiger partial charge in [-0.15, -0.1) is 0 Å². The molecule has 0 aliphatic carbocycles. The molecule has 0 fully saturated rings. The van der Waals surface area contributed by atoms with Crippen molar-refractivity contribution in [3.05, 3.63) is 84.1 Å². The SMILES string of the molecule is Cc1cn(-c2ccc(Nc3cc(C)nc4c3nc(-c3ccc(F)cc3)n4C)cc2F)cn1. The summed E-state index contributed by atoms with van der Waals surface area (Å²) in [6.45, 7) is 3.74. The van der Waals surface area contributed by atoms with Crippen molar-refractivity contribution in [3.8, 4) is 17.1 Å². The van der Waals surface area contributed by atoms with Gasteiger partial charge in [-0.25, -0.2) is 23.7 Å². The fraction of sp³-hybridized carbons (Fsp3) is 0.125. The quantitative estimate of drug-likeness (QED) is 0.411. The number of nitrogens with zero attached hydrogens (tertiary/aromatic N) is 5. The highest BCUT2D eigenvalue weighted by molar-refractivity contribution is 5.91. The van der Waals surface area contributed by atoms with Gasteiger partial charge < -0.3 is 14.5 Å². The monoisotopic (exact) mass is 430 g/mol. The molecule has 0 bridgehead atoms. The van der Waals surface area contributed by atoms with Gasteiger partial charge in [-0.3, -0.25) is 0 Å². The Morgan fingerprint density at radius 3 is 2.38 bits per heavy atom. The molecular formula is C24H20F2N6. The topological polar surface area (TPSA) is 60.6 Å². The van der Waals surface area contributed by atoms with E-state index in [1.807, 2.05) is 31.5 Å². The first-order chi connectivity index (χ1) is 15.4. The third-order valence-electron chi connectivity index (χ3n) is 5.27. The van der Waals surface area contributed by atoms with Gasteiger partial charge in [0, 0.05) is 30.2 Å². The molecule has 1 N–H and O–H groups in total. The van der Waals surface area contributed by atoms with Crippen molar-refractivity contribution < 1.29 is 8.78 Å². The lowest BCUT2D eigenvalue weighted by Crippen LogP contribution is -1.99. The number of halogens is 2. The van der Waals surface area contributed by atoms with Crippen molar-refractivity contribution in [2.24, 2.45) is 7.05 Å². The Morgan fingerprint density at radius 1 is 0.906 bits per heavy atom. The molecule has 5 aromatic rings. The lowest BCUT2D eigenvalue weighted by molar-refractivity contribution is 0.618. The van der Waals surface area contributed by atoms with E-state index in [1.54, 1.807) is 41.4 Å². The summed E-state index contributed by atoms with van der Waals surface area (Å²) in [5.41, 5.74) is 5.43. The molecular weight excluding hydrogens is 410 g/mol. The molecule has 0 saturated heterocycles. The van der Waals surface area contributed by atoms with E-state index in [2.05, 4.69) is 15.3 Å². The van der Waals surface area contributed by atoms with Crippen LogP contribution >= 0.6 is 0 Å². The number of aromatic nitrogens is 5. The molecule has 0 atom stereocenters. The molecule has 3 aromatic heterocycles. The van der Waals surface area contributed by atoms with Gasteiger partial charge in [0.1, 0.15) is 23.0 Å². The molecule has 0 spiro atoms. The van der Waals surface area contributed by atoms with Crippen molar-refractivity contribution in [2.75, 3.05) is 5.32 Å². The van der Waals surface area contributed by atoms with E-state index in [1.165, 1.54) is 18.2 Å². The highest BCUT2D eigenvalue weighted by Crippen LogP contribution is 2.30. The Balaban J connectivity index is 1.55. The number of hydrogen-bond donors (Lipinski definition) is 1. The maximum atomic E-state index is 14.8. The highest BCUT2D eigenvalue weighted by atomic mass is 19.1. The number of anilines is 2. The van der Waals surface area contributed by atoms with Crippen LogP contribution in [0.3, 0.4) is 0 Å². The fourth-order valence-electron chi connectivity index (χ4n) is 3.73. The van der Waals surface area contributed by atoms with E-state index in [0.29, 0.717) is 34.1 Å². The summed E-state index contributed by atoms with van der Waals surface area (Å²) in [5, 5.41) is 3.27. The summed E-state index contributed by atoms with van der Waals surface area (Å²) < 4.78 is 31.7.